The summed E-state index contributed by atoms with van der Waals surface area (Å²) in [6.45, 7) is 2.00. The highest BCUT2D eigenvalue weighted by molar-refractivity contribution is 7.17. The molecule has 0 aliphatic carbocycles. The Labute approximate surface area is 128 Å². The molecule has 0 fully saturated rings. The van der Waals surface area contributed by atoms with Crippen LogP contribution in [0, 0.1) is 6.92 Å². The lowest BCUT2D eigenvalue weighted by Crippen LogP contribution is -2.02. The van der Waals surface area contributed by atoms with Crippen LogP contribution in [0.4, 0.5) is 0 Å². The van der Waals surface area contributed by atoms with E-state index in [2.05, 4.69) is 17.5 Å². The van der Waals surface area contributed by atoms with E-state index in [1.54, 1.807) is 18.4 Å². The van der Waals surface area contributed by atoms with Gasteiger partial charge in [-0.15, -0.1) is 11.3 Å². The zero-order valence-corrected chi connectivity index (χ0v) is 13.0. The molecule has 0 amide bonds. The first-order valence-corrected chi connectivity index (χ1v) is 7.84. The molecule has 0 saturated heterocycles. The van der Waals surface area contributed by atoms with E-state index >= 15 is 0 Å². The molecular formula is C18H18O2S. The first kappa shape index (κ1) is 14.1. The number of benzene rings is 2. The monoisotopic (exact) mass is 298 g/mol. The maximum absolute atomic E-state index is 10.5. The fraction of sp³-hybridized carbons (Fsp3) is 0.222. The standard InChI is InChI=1S/C18H18O2S/c1-12-7-8-13(10-17(12)20-2)16(19)9-14-11-21-18-6-4-3-5-15(14)18/h3-8,10-11,16,19H,9H2,1-2H3. The van der Waals surface area contributed by atoms with Crippen LogP contribution in [-0.2, 0) is 6.42 Å². The number of aliphatic hydroxyl groups is 1. The zero-order valence-electron chi connectivity index (χ0n) is 12.2. The highest BCUT2D eigenvalue weighted by atomic mass is 32.1. The number of methoxy groups -OCH3 is 1. The van der Waals surface area contributed by atoms with Crippen molar-refractivity contribution in [3.05, 3.63) is 64.5 Å². The second kappa shape index (κ2) is 5.88. The Kier molecular flexibility index (Phi) is 3.95. The molecule has 0 aliphatic heterocycles. The third-order valence-electron chi connectivity index (χ3n) is 3.79. The zero-order chi connectivity index (χ0) is 14.8. The topological polar surface area (TPSA) is 29.5 Å². The van der Waals surface area contributed by atoms with Crippen molar-refractivity contribution >= 4 is 21.4 Å². The molecule has 0 aliphatic rings. The minimum absolute atomic E-state index is 0.516. The second-order valence-electron chi connectivity index (χ2n) is 5.21. The Morgan fingerprint density at radius 1 is 1.19 bits per heavy atom. The number of thiophene rings is 1. The van der Waals surface area contributed by atoms with Crippen LogP contribution in [0.3, 0.4) is 0 Å². The number of rotatable bonds is 4. The number of fused-ring (bicyclic) bond motifs is 1. The Morgan fingerprint density at radius 3 is 2.81 bits per heavy atom. The lowest BCUT2D eigenvalue weighted by atomic mass is 9.99. The van der Waals surface area contributed by atoms with Gasteiger partial charge in [0.15, 0.2) is 0 Å². The van der Waals surface area contributed by atoms with Crippen molar-refractivity contribution in [2.45, 2.75) is 19.4 Å². The van der Waals surface area contributed by atoms with Crippen LogP contribution in [0.25, 0.3) is 10.1 Å². The average molecular weight is 298 g/mol. The van der Waals surface area contributed by atoms with E-state index in [0.29, 0.717) is 6.42 Å². The van der Waals surface area contributed by atoms with Gasteiger partial charge in [0.05, 0.1) is 13.2 Å². The van der Waals surface area contributed by atoms with Crippen molar-refractivity contribution in [2.24, 2.45) is 0 Å². The summed E-state index contributed by atoms with van der Waals surface area (Å²) in [4.78, 5) is 0. The molecule has 3 heteroatoms. The minimum atomic E-state index is -0.516. The Hall–Kier alpha value is -1.84. The van der Waals surface area contributed by atoms with Gasteiger partial charge in [0.25, 0.3) is 0 Å². The summed E-state index contributed by atoms with van der Waals surface area (Å²) >= 11 is 1.73. The van der Waals surface area contributed by atoms with Crippen molar-refractivity contribution in [3.63, 3.8) is 0 Å². The van der Waals surface area contributed by atoms with Crippen LogP contribution in [0.1, 0.15) is 22.8 Å². The van der Waals surface area contributed by atoms with Gasteiger partial charge in [0, 0.05) is 11.1 Å². The van der Waals surface area contributed by atoms with Crippen LogP contribution in [0.2, 0.25) is 0 Å². The van der Waals surface area contributed by atoms with Crippen molar-refractivity contribution in [2.75, 3.05) is 7.11 Å². The van der Waals surface area contributed by atoms with E-state index in [1.165, 1.54) is 15.6 Å². The molecular weight excluding hydrogens is 280 g/mol. The van der Waals surface area contributed by atoms with E-state index < -0.39 is 6.10 Å². The first-order valence-electron chi connectivity index (χ1n) is 6.96. The molecule has 2 aromatic carbocycles. The molecule has 0 spiro atoms. The minimum Gasteiger partial charge on any atom is -0.496 e. The summed E-state index contributed by atoms with van der Waals surface area (Å²) in [6, 6.07) is 14.2. The van der Waals surface area contributed by atoms with Gasteiger partial charge in [-0.05, 0) is 46.5 Å². The number of hydrogen-bond donors (Lipinski definition) is 1. The SMILES string of the molecule is COc1cc(C(O)Cc2csc3ccccc23)ccc1C. The Balaban J connectivity index is 1.87. The van der Waals surface area contributed by atoms with Gasteiger partial charge in [0.2, 0.25) is 0 Å². The molecule has 21 heavy (non-hydrogen) atoms. The van der Waals surface area contributed by atoms with Gasteiger partial charge in [-0.2, -0.15) is 0 Å². The molecule has 3 rings (SSSR count). The van der Waals surface area contributed by atoms with Crippen molar-refractivity contribution in [1.82, 2.24) is 0 Å². The van der Waals surface area contributed by atoms with Gasteiger partial charge < -0.3 is 9.84 Å². The summed E-state index contributed by atoms with van der Waals surface area (Å²) in [5, 5.41) is 13.9. The number of ether oxygens (including phenoxy) is 1. The van der Waals surface area contributed by atoms with Crippen molar-refractivity contribution < 1.29 is 9.84 Å². The lowest BCUT2D eigenvalue weighted by molar-refractivity contribution is 0.178. The molecule has 1 aromatic heterocycles. The average Bonchev–Trinajstić information content (AvgIpc) is 2.91. The second-order valence-corrected chi connectivity index (χ2v) is 6.12. The molecule has 1 N–H and O–H groups in total. The molecule has 0 saturated carbocycles. The third kappa shape index (κ3) is 2.80. The van der Waals surface area contributed by atoms with E-state index in [4.69, 9.17) is 4.74 Å². The highest BCUT2D eigenvalue weighted by Gasteiger charge is 2.13. The van der Waals surface area contributed by atoms with Gasteiger partial charge >= 0.3 is 0 Å². The fourth-order valence-corrected chi connectivity index (χ4v) is 3.54. The molecule has 1 atom stereocenters. The molecule has 3 aromatic rings. The maximum atomic E-state index is 10.5. The predicted molar refractivity (Wildman–Crippen MR) is 88.2 cm³/mol. The first-order chi connectivity index (χ1) is 10.2. The third-order valence-corrected chi connectivity index (χ3v) is 4.80. The van der Waals surface area contributed by atoms with Crippen LogP contribution in [-0.4, -0.2) is 12.2 Å². The number of aryl methyl sites for hydroxylation is 1. The number of hydrogen-bond acceptors (Lipinski definition) is 3. The van der Waals surface area contributed by atoms with Gasteiger partial charge in [-0.25, -0.2) is 0 Å². The predicted octanol–water partition coefficient (Wildman–Crippen LogP) is 4.49. The normalized spacial score (nSPS) is 12.5. The van der Waals surface area contributed by atoms with Crippen LogP contribution in [0.15, 0.2) is 47.8 Å². The summed E-state index contributed by atoms with van der Waals surface area (Å²) in [7, 11) is 1.66. The summed E-state index contributed by atoms with van der Waals surface area (Å²) < 4.78 is 6.60. The van der Waals surface area contributed by atoms with Crippen LogP contribution >= 0.6 is 11.3 Å². The van der Waals surface area contributed by atoms with E-state index in [1.807, 2.05) is 37.3 Å². The quantitative estimate of drug-likeness (QED) is 0.768. The van der Waals surface area contributed by atoms with Crippen LogP contribution in [0.5, 0.6) is 5.75 Å². The Morgan fingerprint density at radius 2 is 2.00 bits per heavy atom. The largest absolute Gasteiger partial charge is 0.496 e. The van der Waals surface area contributed by atoms with E-state index in [9.17, 15) is 5.11 Å². The molecule has 1 unspecified atom stereocenters. The molecule has 0 radical (unpaired) electrons. The van der Waals surface area contributed by atoms with E-state index in [0.717, 1.165) is 16.9 Å². The smallest absolute Gasteiger partial charge is 0.122 e. The highest BCUT2D eigenvalue weighted by Crippen LogP contribution is 2.31. The fourth-order valence-electron chi connectivity index (χ4n) is 2.56. The molecule has 108 valence electrons. The summed E-state index contributed by atoms with van der Waals surface area (Å²) in [6.07, 6.45) is 0.105. The summed E-state index contributed by atoms with van der Waals surface area (Å²) in [5.41, 5.74) is 3.17. The molecule has 1 heterocycles. The molecule has 0 bridgehead atoms. The van der Waals surface area contributed by atoms with Gasteiger partial charge in [-0.1, -0.05) is 30.3 Å². The number of aliphatic hydroxyl groups excluding tert-OH is 1. The maximum Gasteiger partial charge on any atom is 0.122 e. The van der Waals surface area contributed by atoms with Crippen molar-refractivity contribution in [3.8, 4) is 5.75 Å². The van der Waals surface area contributed by atoms with Crippen molar-refractivity contribution in [1.29, 1.82) is 0 Å². The van der Waals surface area contributed by atoms with Gasteiger partial charge in [0.1, 0.15) is 5.75 Å². The van der Waals surface area contributed by atoms with Gasteiger partial charge in [-0.3, -0.25) is 0 Å². The van der Waals surface area contributed by atoms with E-state index in [-0.39, 0.29) is 0 Å². The lowest BCUT2D eigenvalue weighted by Gasteiger charge is -2.13. The molecule has 2 nitrogen and oxygen atoms in total. The summed E-state index contributed by atoms with van der Waals surface area (Å²) in [5.74, 6) is 0.821. The van der Waals surface area contributed by atoms with Crippen LogP contribution < -0.4 is 4.74 Å². The Bertz CT molecular complexity index is 761.